The van der Waals surface area contributed by atoms with Crippen LogP contribution < -0.4 is 10.6 Å². The Morgan fingerprint density at radius 3 is 2.48 bits per heavy atom. The van der Waals surface area contributed by atoms with Crippen molar-refractivity contribution in [3.63, 3.8) is 0 Å². The van der Waals surface area contributed by atoms with Gasteiger partial charge in [0.15, 0.2) is 0 Å². The van der Waals surface area contributed by atoms with Crippen LogP contribution in [0.5, 0.6) is 0 Å². The number of rotatable bonds is 6. The first kappa shape index (κ1) is 15.4. The van der Waals surface area contributed by atoms with E-state index in [2.05, 4.69) is 41.9 Å². The Bertz CT molecular complexity index is 566. The average Bonchev–Trinajstić information content (AvgIpc) is 2.47. The highest BCUT2D eigenvalue weighted by molar-refractivity contribution is 5.35. The van der Waals surface area contributed by atoms with Gasteiger partial charge < -0.3 is 10.6 Å². The number of nitrogens with two attached hydrogens (primary N) is 1. The second kappa shape index (κ2) is 7.18. The summed E-state index contributed by atoms with van der Waals surface area (Å²) < 4.78 is 0. The Morgan fingerprint density at radius 1 is 1.14 bits per heavy atom. The van der Waals surface area contributed by atoms with E-state index in [0.29, 0.717) is 12.5 Å². The van der Waals surface area contributed by atoms with E-state index in [0.717, 1.165) is 30.4 Å². The molecule has 0 bridgehead atoms. The molecule has 2 N–H and O–H groups in total. The van der Waals surface area contributed by atoms with Crippen LogP contribution in [0, 0.1) is 6.92 Å². The molecular formula is C17H24N4. The van der Waals surface area contributed by atoms with E-state index in [1.165, 1.54) is 5.56 Å². The smallest absolute Gasteiger partial charge is 0.226 e. The molecule has 0 radical (unpaired) electrons. The largest absolute Gasteiger partial charge is 0.335 e. The lowest BCUT2D eigenvalue weighted by molar-refractivity contribution is 0.734. The maximum absolute atomic E-state index is 5.76. The predicted molar refractivity (Wildman–Crippen MR) is 87.4 cm³/mol. The Kier molecular flexibility index (Phi) is 5.28. The molecule has 4 nitrogen and oxygen atoms in total. The molecule has 21 heavy (non-hydrogen) atoms. The summed E-state index contributed by atoms with van der Waals surface area (Å²) in [6, 6.07) is 12.4. The van der Waals surface area contributed by atoms with E-state index in [1.54, 1.807) is 0 Å². The van der Waals surface area contributed by atoms with Gasteiger partial charge in [0.1, 0.15) is 0 Å². The van der Waals surface area contributed by atoms with Gasteiger partial charge in [-0.25, -0.2) is 9.97 Å². The molecule has 0 saturated heterocycles. The van der Waals surface area contributed by atoms with Crippen LogP contribution in [-0.4, -0.2) is 23.1 Å². The topological polar surface area (TPSA) is 55.0 Å². The van der Waals surface area contributed by atoms with Gasteiger partial charge >= 0.3 is 0 Å². The van der Waals surface area contributed by atoms with Gasteiger partial charge in [-0.05, 0) is 24.5 Å². The molecule has 0 amide bonds. The molecule has 0 spiro atoms. The Hall–Kier alpha value is -1.94. The van der Waals surface area contributed by atoms with E-state index >= 15 is 0 Å². The Balaban J connectivity index is 2.29. The zero-order chi connectivity index (χ0) is 15.2. The molecule has 0 aliphatic heterocycles. The lowest BCUT2D eigenvalue weighted by atomic mass is 10.1. The van der Waals surface area contributed by atoms with Gasteiger partial charge in [0.2, 0.25) is 5.95 Å². The third kappa shape index (κ3) is 4.26. The lowest BCUT2D eigenvalue weighted by Crippen LogP contribution is -2.31. The van der Waals surface area contributed by atoms with Crippen molar-refractivity contribution < 1.29 is 0 Å². The lowest BCUT2D eigenvalue weighted by Gasteiger charge is -2.23. The van der Waals surface area contributed by atoms with Crippen molar-refractivity contribution in [3.8, 4) is 0 Å². The quantitative estimate of drug-likeness (QED) is 0.886. The van der Waals surface area contributed by atoms with Gasteiger partial charge in [-0.2, -0.15) is 0 Å². The van der Waals surface area contributed by atoms with E-state index < -0.39 is 0 Å². The van der Waals surface area contributed by atoms with Crippen molar-refractivity contribution in [2.24, 2.45) is 5.73 Å². The van der Waals surface area contributed by atoms with Crippen molar-refractivity contribution in [1.29, 1.82) is 0 Å². The fraction of sp³-hybridized carbons (Fsp3) is 0.412. The minimum Gasteiger partial charge on any atom is -0.335 e. The standard InChI is InChI=1S/C17H24N4/c1-13(2)16-11-14(3)19-17(20-16)21(10-9-18)12-15-7-5-4-6-8-15/h4-8,11,13H,9-10,12,18H2,1-3H3. The summed E-state index contributed by atoms with van der Waals surface area (Å²) in [7, 11) is 0. The minimum atomic E-state index is 0.391. The molecule has 0 aliphatic rings. The number of nitrogens with zero attached hydrogens (tertiary/aromatic N) is 3. The molecule has 1 aromatic heterocycles. The molecule has 0 aliphatic carbocycles. The monoisotopic (exact) mass is 284 g/mol. The van der Waals surface area contributed by atoms with Crippen molar-refractivity contribution >= 4 is 5.95 Å². The van der Waals surface area contributed by atoms with E-state index in [4.69, 9.17) is 10.7 Å². The molecular weight excluding hydrogens is 260 g/mol. The first-order chi connectivity index (χ1) is 10.1. The number of anilines is 1. The van der Waals surface area contributed by atoms with Gasteiger partial charge in [0, 0.05) is 31.0 Å². The van der Waals surface area contributed by atoms with Crippen molar-refractivity contribution in [1.82, 2.24) is 9.97 Å². The average molecular weight is 284 g/mol. The third-order valence-electron chi connectivity index (χ3n) is 3.35. The number of benzene rings is 1. The Labute approximate surface area is 127 Å². The molecule has 112 valence electrons. The molecule has 2 rings (SSSR count). The SMILES string of the molecule is Cc1cc(C(C)C)nc(N(CCN)Cc2ccccc2)n1. The number of hydrogen-bond donors (Lipinski definition) is 1. The van der Waals surface area contributed by atoms with Crippen LogP contribution in [0.25, 0.3) is 0 Å². The minimum absolute atomic E-state index is 0.391. The second-order valence-electron chi connectivity index (χ2n) is 5.58. The number of aryl methyl sites for hydroxylation is 1. The van der Waals surface area contributed by atoms with Crippen LogP contribution in [0.2, 0.25) is 0 Å². The van der Waals surface area contributed by atoms with Crippen LogP contribution in [0.3, 0.4) is 0 Å². The van der Waals surface area contributed by atoms with E-state index in [1.807, 2.05) is 25.1 Å². The number of aromatic nitrogens is 2. The van der Waals surface area contributed by atoms with Crippen molar-refractivity contribution in [2.75, 3.05) is 18.0 Å². The third-order valence-corrected chi connectivity index (χ3v) is 3.35. The molecule has 1 heterocycles. The highest BCUT2D eigenvalue weighted by atomic mass is 15.3. The van der Waals surface area contributed by atoms with Crippen LogP contribution in [0.1, 0.15) is 36.7 Å². The van der Waals surface area contributed by atoms with Crippen LogP contribution >= 0.6 is 0 Å². The van der Waals surface area contributed by atoms with Crippen LogP contribution in [0.15, 0.2) is 36.4 Å². The summed E-state index contributed by atoms with van der Waals surface area (Å²) in [6.45, 7) is 8.42. The maximum Gasteiger partial charge on any atom is 0.226 e. The Morgan fingerprint density at radius 2 is 1.86 bits per heavy atom. The normalized spacial score (nSPS) is 10.9. The van der Waals surface area contributed by atoms with Crippen LogP contribution in [0.4, 0.5) is 5.95 Å². The predicted octanol–water partition coefficient (Wildman–Crippen LogP) is 2.87. The van der Waals surface area contributed by atoms with Gasteiger partial charge in [-0.1, -0.05) is 44.2 Å². The fourth-order valence-corrected chi connectivity index (χ4v) is 2.22. The summed E-state index contributed by atoms with van der Waals surface area (Å²) in [5.74, 6) is 1.16. The van der Waals surface area contributed by atoms with Crippen molar-refractivity contribution in [2.45, 2.75) is 33.2 Å². The molecule has 2 aromatic rings. The molecule has 0 saturated carbocycles. The number of hydrogen-bond acceptors (Lipinski definition) is 4. The van der Waals surface area contributed by atoms with Crippen molar-refractivity contribution in [3.05, 3.63) is 53.3 Å². The van der Waals surface area contributed by atoms with Gasteiger partial charge in [0.25, 0.3) is 0 Å². The second-order valence-corrected chi connectivity index (χ2v) is 5.58. The van der Waals surface area contributed by atoms with Crippen LogP contribution in [-0.2, 0) is 6.54 Å². The van der Waals surface area contributed by atoms with E-state index in [-0.39, 0.29) is 0 Å². The molecule has 0 atom stereocenters. The first-order valence-electron chi connectivity index (χ1n) is 7.44. The molecule has 0 fully saturated rings. The summed E-state index contributed by atoms with van der Waals surface area (Å²) in [5, 5.41) is 0. The summed E-state index contributed by atoms with van der Waals surface area (Å²) >= 11 is 0. The fourth-order valence-electron chi connectivity index (χ4n) is 2.22. The zero-order valence-corrected chi connectivity index (χ0v) is 13.1. The molecule has 4 heteroatoms. The van der Waals surface area contributed by atoms with E-state index in [9.17, 15) is 0 Å². The van der Waals surface area contributed by atoms with Gasteiger partial charge in [0.05, 0.1) is 0 Å². The highest BCUT2D eigenvalue weighted by Crippen LogP contribution is 2.18. The summed E-state index contributed by atoms with van der Waals surface area (Å²) in [4.78, 5) is 11.4. The maximum atomic E-state index is 5.76. The molecule has 0 unspecified atom stereocenters. The van der Waals surface area contributed by atoms with Gasteiger partial charge in [-0.15, -0.1) is 0 Å². The van der Waals surface area contributed by atoms with Gasteiger partial charge in [-0.3, -0.25) is 0 Å². The highest BCUT2D eigenvalue weighted by Gasteiger charge is 2.13. The first-order valence-corrected chi connectivity index (χ1v) is 7.44. The zero-order valence-electron chi connectivity index (χ0n) is 13.1. The summed E-state index contributed by atoms with van der Waals surface area (Å²) in [6.07, 6.45) is 0. The molecule has 1 aromatic carbocycles. The summed E-state index contributed by atoms with van der Waals surface area (Å²) in [5.41, 5.74) is 9.07.